The van der Waals surface area contributed by atoms with Crippen molar-refractivity contribution in [3.05, 3.63) is 16.4 Å². The van der Waals surface area contributed by atoms with Crippen LogP contribution in [0.15, 0.2) is 0 Å². The molecule has 21 heavy (non-hydrogen) atoms. The Labute approximate surface area is 130 Å². The van der Waals surface area contributed by atoms with Gasteiger partial charge in [0.2, 0.25) is 0 Å². The molecule has 0 amide bonds. The van der Waals surface area contributed by atoms with Gasteiger partial charge in [-0.05, 0) is 20.3 Å². The van der Waals surface area contributed by atoms with Crippen LogP contribution >= 0.6 is 11.6 Å². The van der Waals surface area contributed by atoms with Gasteiger partial charge in [-0.25, -0.2) is 8.42 Å². The summed E-state index contributed by atoms with van der Waals surface area (Å²) in [5.74, 6) is -0.777. The molecule has 1 unspecified atom stereocenters. The minimum absolute atomic E-state index is 0.169. The van der Waals surface area contributed by atoms with Crippen molar-refractivity contribution in [1.29, 1.82) is 0 Å². The predicted molar refractivity (Wildman–Crippen MR) is 81.0 cm³/mol. The van der Waals surface area contributed by atoms with Crippen LogP contribution in [0.2, 0.25) is 5.02 Å². The highest BCUT2D eigenvalue weighted by Crippen LogP contribution is 2.25. The summed E-state index contributed by atoms with van der Waals surface area (Å²) in [7, 11) is -2.28. The third-order valence-corrected chi connectivity index (χ3v) is 5.83. The van der Waals surface area contributed by atoms with Crippen molar-refractivity contribution in [2.45, 2.75) is 51.2 Å². The van der Waals surface area contributed by atoms with Crippen molar-refractivity contribution in [3.8, 4) is 0 Å². The normalized spacial score (nSPS) is 13.2. The number of esters is 1. The zero-order valence-corrected chi connectivity index (χ0v) is 14.3. The molecule has 120 valence electrons. The zero-order chi connectivity index (χ0) is 16.2. The summed E-state index contributed by atoms with van der Waals surface area (Å²) >= 11 is 6.21. The lowest BCUT2D eigenvalue weighted by Crippen LogP contribution is -2.24. The van der Waals surface area contributed by atoms with Crippen LogP contribution in [0.5, 0.6) is 0 Å². The lowest BCUT2D eigenvalue weighted by molar-refractivity contribution is -0.140. The van der Waals surface area contributed by atoms with E-state index in [-0.39, 0.29) is 12.2 Å². The van der Waals surface area contributed by atoms with Crippen LogP contribution in [0.1, 0.15) is 38.6 Å². The zero-order valence-electron chi connectivity index (χ0n) is 12.7. The van der Waals surface area contributed by atoms with Gasteiger partial charge < -0.3 is 4.74 Å². The molecule has 1 atom stereocenters. The molecule has 1 aromatic rings. The molecule has 8 heteroatoms. The minimum Gasteiger partial charge on any atom is -0.469 e. The number of carbonyl (C=O) groups is 1. The third kappa shape index (κ3) is 4.20. The number of aryl methyl sites for hydroxylation is 2. The fourth-order valence-corrected chi connectivity index (χ4v) is 3.70. The highest BCUT2D eigenvalue weighted by atomic mass is 35.5. The van der Waals surface area contributed by atoms with Crippen LogP contribution < -0.4 is 0 Å². The first kappa shape index (κ1) is 18.0. The summed E-state index contributed by atoms with van der Waals surface area (Å²) in [6.45, 7) is 5.81. The summed E-state index contributed by atoms with van der Waals surface area (Å²) < 4.78 is 30.8. The highest BCUT2D eigenvalue weighted by molar-refractivity contribution is 7.91. The Hall–Kier alpha value is -1.08. The monoisotopic (exact) mass is 336 g/mol. The van der Waals surface area contributed by atoms with Crippen LogP contribution in [0.25, 0.3) is 0 Å². The van der Waals surface area contributed by atoms with Crippen molar-refractivity contribution < 1.29 is 17.9 Å². The second-order valence-corrected chi connectivity index (χ2v) is 7.57. The van der Waals surface area contributed by atoms with Crippen LogP contribution in [0.4, 0.5) is 0 Å². The second kappa shape index (κ2) is 7.26. The second-order valence-electron chi connectivity index (χ2n) is 4.77. The minimum atomic E-state index is -3.51. The van der Waals surface area contributed by atoms with E-state index in [1.54, 1.807) is 4.68 Å². The maximum Gasteiger partial charge on any atom is 0.306 e. The van der Waals surface area contributed by atoms with Gasteiger partial charge in [0.25, 0.3) is 0 Å². The molecule has 6 nitrogen and oxygen atoms in total. The quantitative estimate of drug-likeness (QED) is 0.711. The van der Waals surface area contributed by atoms with Gasteiger partial charge >= 0.3 is 5.97 Å². The van der Waals surface area contributed by atoms with Crippen molar-refractivity contribution in [1.82, 2.24) is 9.78 Å². The predicted octanol–water partition coefficient (Wildman–Crippen LogP) is 1.99. The average Bonchev–Trinajstić information content (AvgIpc) is 2.74. The Balaban J connectivity index is 3.04. The highest BCUT2D eigenvalue weighted by Gasteiger charge is 2.28. The molecule has 0 aromatic carbocycles. The van der Waals surface area contributed by atoms with E-state index in [4.69, 9.17) is 11.6 Å². The Morgan fingerprint density at radius 3 is 2.52 bits per heavy atom. The molecule has 0 saturated heterocycles. The van der Waals surface area contributed by atoms with Crippen LogP contribution in [0.3, 0.4) is 0 Å². The number of hydrogen-bond donors (Lipinski definition) is 0. The fraction of sp³-hybridized carbons (Fsp3) is 0.692. The van der Waals surface area contributed by atoms with E-state index < -0.39 is 21.1 Å². The van der Waals surface area contributed by atoms with E-state index in [9.17, 15) is 13.2 Å². The number of carbonyl (C=O) groups excluding carboxylic acids is 1. The maximum atomic E-state index is 12.4. The molecular weight excluding hydrogens is 316 g/mol. The van der Waals surface area contributed by atoms with Gasteiger partial charge in [0.15, 0.2) is 9.84 Å². The standard InChI is InChI=1S/C13H21ClN2O4S/c1-5-10-13(14)11(16(6-2)15-10)8-21(18,19)9(3)7-12(17)20-4/h9H,5-8H2,1-4H3. The number of hydrogen-bond acceptors (Lipinski definition) is 5. The fourth-order valence-electron chi connectivity index (χ4n) is 1.93. The first-order chi connectivity index (χ1) is 9.76. The molecule has 0 aliphatic rings. The lowest BCUT2D eigenvalue weighted by atomic mass is 10.3. The molecule has 0 bridgehead atoms. The van der Waals surface area contributed by atoms with Gasteiger partial charge in [0.1, 0.15) is 0 Å². The van der Waals surface area contributed by atoms with Crippen LogP contribution in [-0.2, 0) is 38.1 Å². The van der Waals surface area contributed by atoms with Gasteiger partial charge in [-0.3, -0.25) is 9.48 Å². The van der Waals surface area contributed by atoms with E-state index in [0.717, 1.165) is 0 Å². The molecule has 0 spiro atoms. The summed E-state index contributed by atoms with van der Waals surface area (Å²) in [5, 5.41) is 3.86. The molecule has 0 aliphatic carbocycles. The third-order valence-electron chi connectivity index (χ3n) is 3.33. The average molecular weight is 337 g/mol. The first-order valence-corrected chi connectivity index (χ1v) is 8.88. The Morgan fingerprint density at radius 2 is 2.05 bits per heavy atom. The molecule has 1 rings (SSSR count). The molecule has 0 radical (unpaired) electrons. The summed E-state index contributed by atoms with van der Waals surface area (Å²) in [4.78, 5) is 11.2. The lowest BCUT2D eigenvalue weighted by Gasteiger charge is -2.12. The number of sulfone groups is 1. The number of methoxy groups -OCH3 is 1. The van der Waals surface area contributed by atoms with Crippen LogP contribution in [-0.4, -0.2) is 36.5 Å². The molecule has 0 aliphatic heterocycles. The topological polar surface area (TPSA) is 78.3 Å². The van der Waals surface area contributed by atoms with Gasteiger partial charge in [0.05, 0.1) is 40.9 Å². The Kier molecular flexibility index (Phi) is 6.22. The summed E-state index contributed by atoms with van der Waals surface area (Å²) in [6, 6.07) is 0. The van der Waals surface area contributed by atoms with E-state index in [0.29, 0.717) is 29.4 Å². The molecule has 0 N–H and O–H groups in total. The van der Waals surface area contributed by atoms with E-state index >= 15 is 0 Å². The van der Waals surface area contributed by atoms with E-state index in [1.165, 1.54) is 14.0 Å². The largest absolute Gasteiger partial charge is 0.469 e. The Morgan fingerprint density at radius 1 is 1.43 bits per heavy atom. The molecule has 0 fully saturated rings. The van der Waals surface area contributed by atoms with E-state index in [2.05, 4.69) is 9.84 Å². The number of nitrogens with zero attached hydrogens (tertiary/aromatic N) is 2. The van der Waals surface area contributed by atoms with Crippen molar-refractivity contribution in [3.63, 3.8) is 0 Å². The van der Waals surface area contributed by atoms with Gasteiger partial charge in [-0.15, -0.1) is 0 Å². The number of rotatable bonds is 7. The number of halogens is 1. The number of aromatic nitrogens is 2. The van der Waals surface area contributed by atoms with Crippen LogP contribution in [0, 0.1) is 0 Å². The first-order valence-electron chi connectivity index (χ1n) is 6.79. The molecule has 1 aromatic heterocycles. The molecule has 1 heterocycles. The smallest absolute Gasteiger partial charge is 0.306 e. The number of ether oxygens (including phenoxy) is 1. The van der Waals surface area contributed by atoms with Crippen molar-refractivity contribution in [2.75, 3.05) is 7.11 Å². The molecule has 0 saturated carbocycles. The molecular formula is C13H21ClN2O4S. The summed E-state index contributed by atoms with van der Waals surface area (Å²) in [5.41, 5.74) is 1.16. The van der Waals surface area contributed by atoms with Gasteiger partial charge in [0, 0.05) is 6.54 Å². The van der Waals surface area contributed by atoms with E-state index in [1.807, 2.05) is 13.8 Å². The van der Waals surface area contributed by atoms with Gasteiger partial charge in [-0.1, -0.05) is 18.5 Å². The maximum absolute atomic E-state index is 12.4. The SMILES string of the molecule is CCc1nn(CC)c(CS(=O)(=O)C(C)CC(=O)OC)c1Cl. The van der Waals surface area contributed by atoms with Crippen molar-refractivity contribution >= 4 is 27.4 Å². The van der Waals surface area contributed by atoms with Crippen molar-refractivity contribution in [2.24, 2.45) is 0 Å². The summed E-state index contributed by atoms with van der Waals surface area (Å²) in [6.07, 6.45) is 0.466. The Bertz CT molecular complexity index is 610. The van der Waals surface area contributed by atoms with Gasteiger partial charge in [-0.2, -0.15) is 5.10 Å².